The Bertz CT molecular complexity index is 659. The van der Waals surface area contributed by atoms with Gasteiger partial charge in [-0.05, 0) is 37.1 Å². The van der Waals surface area contributed by atoms with Crippen LogP contribution in [0.15, 0.2) is 46.9 Å². The molecule has 0 saturated carbocycles. The third kappa shape index (κ3) is 2.58. The van der Waals surface area contributed by atoms with Crippen LogP contribution in [0.2, 0.25) is 0 Å². The van der Waals surface area contributed by atoms with Crippen molar-refractivity contribution in [1.82, 2.24) is 0 Å². The zero-order chi connectivity index (χ0) is 15.0. The summed E-state index contributed by atoms with van der Waals surface area (Å²) < 4.78 is 15.1. The van der Waals surface area contributed by atoms with Gasteiger partial charge in [-0.2, -0.15) is 0 Å². The number of nitrogens with two attached hydrogens (primary N) is 1. The van der Waals surface area contributed by atoms with Gasteiger partial charge in [-0.3, -0.25) is 0 Å². The lowest BCUT2D eigenvalue weighted by Crippen LogP contribution is -2.38. The number of fused-ring (bicyclic) bond motifs is 1. The Hall–Kier alpha value is -1.39. The third-order valence-electron chi connectivity index (χ3n) is 4.14. The maximum absolute atomic E-state index is 14.3. The quantitative estimate of drug-likeness (QED) is 0.906. The molecule has 0 fully saturated rings. The summed E-state index contributed by atoms with van der Waals surface area (Å²) in [5.74, 6) is -0.212. The Kier molecular flexibility index (Phi) is 4.00. The van der Waals surface area contributed by atoms with Crippen LogP contribution in [0.5, 0.6) is 0 Å². The summed E-state index contributed by atoms with van der Waals surface area (Å²) in [6, 6.07) is 13.7. The van der Waals surface area contributed by atoms with Gasteiger partial charge in [0, 0.05) is 28.3 Å². The van der Waals surface area contributed by atoms with Crippen LogP contribution >= 0.6 is 15.9 Å². The fourth-order valence-corrected chi connectivity index (χ4v) is 3.56. The highest BCUT2D eigenvalue weighted by Crippen LogP contribution is 2.39. The molecule has 110 valence electrons. The van der Waals surface area contributed by atoms with Crippen LogP contribution in [0, 0.1) is 5.82 Å². The Morgan fingerprint density at radius 3 is 2.81 bits per heavy atom. The molecule has 1 heterocycles. The van der Waals surface area contributed by atoms with Crippen molar-refractivity contribution in [2.75, 3.05) is 11.4 Å². The minimum atomic E-state index is -0.212. The molecule has 0 bridgehead atoms. The average molecular weight is 349 g/mol. The lowest BCUT2D eigenvalue weighted by Gasteiger charge is -2.34. The third-order valence-corrected chi connectivity index (χ3v) is 4.63. The summed E-state index contributed by atoms with van der Waals surface area (Å²) in [5.41, 5.74) is 9.12. The van der Waals surface area contributed by atoms with Crippen LogP contribution in [0.4, 0.5) is 10.1 Å². The van der Waals surface area contributed by atoms with Crippen LogP contribution in [-0.2, 0) is 6.42 Å². The molecular formula is C17H18BrFN2. The normalized spacial score (nSPS) is 18.7. The Balaban J connectivity index is 2.04. The summed E-state index contributed by atoms with van der Waals surface area (Å²) >= 11 is 3.30. The number of para-hydroxylation sites is 1. The second-order valence-corrected chi connectivity index (χ2v) is 6.42. The molecule has 2 N–H and O–H groups in total. The molecule has 0 amide bonds. The van der Waals surface area contributed by atoms with Crippen molar-refractivity contribution >= 4 is 21.6 Å². The highest BCUT2D eigenvalue weighted by atomic mass is 79.9. The zero-order valence-electron chi connectivity index (χ0n) is 11.9. The van der Waals surface area contributed by atoms with Gasteiger partial charge in [0.2, 0.25) is 0 Å². The van der Waals surface area contributed by atoms with Crippen molar-refractivity contribution in [2.45, 2.75) is 25.4 Å². The Morgan fingerprint density at radius 2 is 2.10 bits per heavy atom. The van der Waals surface area contributed by atoms with Crippen molar-refractivity contribution in [3.63, 3.8) is 0 Å². The minimum absolute atomic E-state index is 0.142. The van der Waals surface area contributed by atoms with E-state index in [-0.39, 0.29) is 11.9 Å². The van der Waals surface area contributed by atoms with Gasteiger partial charge in [-0.15, -0.1) is 0 Å². The molecule has 2 aromatic carbocycles. The van der Waals surface area contributed by atoms with Gasteiger partial charge in [0.25, 0.3) is 0 Å². The fourth-order valence-electron chi connectivity index (χ4n) is 3.23. The molecular weight excluding hydrogens is 331 g/mol. The van der Waals surface area contributed by atoms with E-state index in [0.29, 0.717) is 18.2 Å². The molecule has 3 rings (SSSR count). The summed E-state index contributed by atoms with van der Waals surface area (Å²) in [7, 11) is 0. The second-order valence-electron chi connectivity index (χ2n) is 5.51. The van der Waals surface area contributed by atoms with Crippen LogP contribution < -0.4 is 10.6 Å². The van der Waals surface area contributed by atoms with E-state index in [2.05, 4.69) is 39.9 Å². The van der Waals surface area contributed by atoms with E-state index in [0.717, 1.165) is 10.9 Å². The maximum Gasteiger partial charge on any atom is 0.129 e. The SMILES string of the molecule is CC1Cc2ccccc2N1C(CN)c1ccc(Br)cc1F. The van der Waals surface area contributed by atoms with Gasteiger partial charge in [-0.1, -0.05) is 40.2 Å². The zero-order valence-corrected chi connectivity index (χ0v) is 13.5. The lowest BCUT2D eigenvalue weighted by molar-refractivity contribution is 0.530. The topological polar surface area (TPSA) is 29.3 Å². The van der Waals surface area contributed by atoms with E-state index in [1.165, 1.54) is 17.3 Å². The smallest absolute Gasteiger partial charge is 0.129 e. The van der Waals surface area contributed by atoms with Crippen molar-refractivity contribution < 1.29 is 4.39 Å². The highest BCUT2D eigenvalue weighted by Gasteiger charge is 2.32. The summed E-state index contributed by atoms with van der Waals surface area (Å²) in [6.45, 7) is 2.55. The van der Waals surface area contributed by atoms with Crippen molar-refractivity contribution in [1.29, 1.82) is 0 Å². The largest absolute Gasteiger partial charge is 0.360 e. The van der Waals surface area contributed by atoms with Gasteiger partial charge in [0.1, 0.15) is 5.82 Å². The molecule has 0 aromatic heterocycles. The second kappa shape index (κ2) is 5.78. The first-order chi connectivity index (χ1) is 10.1. The molecule has 0 saturated heterocycles. The van der Waals surface area contributed by atoms with Gasteiger partial charge >= 0.3 is 0 Å². The van der Waals surface area contributed by atoms with Crippen LogP contribution in [0.3, 0.4) is 0 Å². The number of benzene rings is 2. The number of hydrogen-bond donors (Lipinski definition) is 1. The van der Waals surface area contributed by atoms with E-state index < -0.39 is 0 Å². The first kappa shape index (κ1) is 14.5. The Morgan fingerprint density at radius 1 is 1.33 bits per heavy atom. The summed E-state index contributed by atoms with van der Waals surface area (Å²) in [6.07, 6.45) is 0.977. The minimum Gasteiger partial charge on any atom is -0.360 e. The van der Waals surface area contributed by atoms with Crippen LogP contribution in [0.25, 0.3) is 0 Å². The van der Waals surface area contributed by atoms with Crippen molar-refractivity contribution in [2.24, 2.45) is 5.73 Å². The van der Waals surface area contributed by atoms with Gasteiger partial charge in [-0.25, -0.2) is 4.39 Å². The molecule has 4 heteroatoms. The first-order valence-electron chi connectivity index (χ1n) is 7.13. The summed E-state index contributed by atoms with van der Waals surface area (Å²) in [5, 5.41) is 0. The molecule has 2 unspecified atom stereocenters. The molecule has 1 aliphatic rings. The number of rotatable bonds is 3. The van der Waals surface area contributed by atoms with Crippen LogP contribution in [0.1, 0.15) is 24.1 Å². The van der Waals surface area contributed by atoms with E-state index in [1.54, 1.807) is 0 Å². The first-order valence-corrected chi connectivity index (χ1v) is 7.92. The van der Waals surface area contributed by atoms with Gasteiger partial charge in [0.15, 0.2) is 0 Å². The molecule has 1 aliphatic heterocycles. The molecule has 0 radical (unpaired) electrons. The average Bonchev–Trinajstić information content (AvgIpc) is 2.78. The fraction of sp³-hybridized carbons (Fsp3) is 0.294. The van der Waals surface area contributed by atoms with E-state index in [4.69, 9.17) is 5.73 Å². The standard InChI is InChI=1S/C17H18BrFN2/c1-11-8-12-4-2-3-5-16(12)21(11)17(10-20)14-7-6-13(18)9-15(14)19/h2-7,9,11,17H,8,10,20H2,1H3. The Labute approximate surface area is 132 Å². The van der Waals surface area contributed by atoms with Gasteiger partial charge < -0.3 is 10.6 Å². The van der Waals surface area contributed by atoms with Crippen molar-refractivity contribution in [3.8, 4) is 0 Å². The molecule has 0 spiro atoms. The monoisotopic (exact) mass is 348 g/mol. The van der Waals surface area contributed by atoms with Crippen LogP contribution in [-0.4, -0.2) is 12.6 Å². The van der Waals surface area contributed by atoms with Crippen molar-refractivity contribution in [3.05, 3.63) is 63.9 Å². The molecule has 2 atom stereocenters. The number of halogens is 2. The lowest BCUT2D eigenvalue weighted by atomic mass is 10.0. The maximum atomic E-state index is 14.3. The van der Waals surface area contributed by atoms with E-state index in [1.807, 2.05) is 24.3 Å². The highest BCUT2D eigenvalue weighted by molar-refractivity contribution is 9.10. The van der Waals surface area contributed by atoms with E-state index >= 15 is 0 Å². The molecule has 0 aliphatic carbocycles. The predicted molar refractivity (Wildman–Crippen MR) is 88.0 cm³/mol. The van der Waals surface area contributed by atoms with E-state index in [9.17, 15) is 4.39 Å². The predicted octanol–water partition coefficient (Wildman–Crippen LogP) is 4.04. The number of hydrogen-bond acceptors (Lipinski definition) is 2. The number of nitrogens with zero attached hydrogens (tertiary/aromatic N) is 1. The molecule has 2 nitrogen and oxygen atoms in total. The molecule has 2 aromatic rings. The summed E-state index contributed by atoms with van der Waals surface area (Å²) in [4.78, 5) is 2.25. The number of anilines is 1. The van der Waals surface area contributed by atoms with Gasteiger partial charge in [0.05, 0.1) is 6.04 Å². The molecule has 21 heavy (non-hydrogen) atoms.